The summed E-state index contributed by atoms with van der Waals surface area (Å²) in [6.45, 7) is 2.05. The summed E-state index contributed by atoms with van der Waals surface area (Å²) in [7, 11) is 0. The number of anilines is 1. The van der Waals surface area contributed by atoms with Gasteiger partial charge in [0.05, 0.1) is 17.7 Å². The number of nitrogens with one attached hydrogen (secondary N) is 1. The van der Waals surface area contributed by atoms with Gasteiger partial charge in [0.1, 0.15) is 11.1 Å². The van der Waals surface area contributed by atoms with E-state index < -0.39 is 11.9 Å². The molecule has 0 saturated carbocycles. The van der Waals surface area contributed by atoms with Gasteiger partial charge in [-0.3, -0.25) is 4.79 Å². The first-order valence-corrected chi connectivity index (χ1v) is 12.4. The lowest BCUT2D eigenvalue weighted by atomic mass is 9.93. The molecule has 3 aromatic rings. The van der Waals surface area contributed by atoms with Crippen LogP contribution in [0.2, 0.25) is 0 Å². The Kier molecular flexibility index (Phi) is 6.20. The van der Waals surface area contributed by atoms with Crippen LogP contribution >= 0.6 is 11.3 Å². The van der Waals surface area contributed by atoms with Crippen molar-refractivity contribution in [1.29, 1.82) is 0 Å². The van der Waals surface area contributed by atoms with E-state index in [2.05, 4.69) is 5.32 Å². The molecule has 1 amide bonds. The third-order valence-electron chi connectivity index (χ3n) is 6.29. The molecule has 0 saturated heterocycles. The highest BCUT2D eigenvalue weighted by Crippen LogP contribution is 2.39. The van der Waals surface area contributed by atoms with Crippen molar-refractivity contribution in [2.45, 2.75) is 45.1 Å². The van der Waals surface area contributed by atoms with Gasteiger partial charge in [0.25, 0.3) is 5.91 Å². The Balaban J connectivity index is 1.42. The molecule has 0 radical (unpaired) electrons. The lowest BCUT2D eigenvalue weighted by Gasteiger charge is -2.25. The van der Waals surface area contributed by atoms with Crippen LogP contribution in [0.25, 0.3) is 0 Å². The molecule has 2 aliphatic rings. The Hall–Kier alpha value is -3.45. The van der Waals surface area contributed by atoms with Gasteiger partial charge in [-0.1, -0.05) is 30.3 Å². The fourth-order valence-electron chi connectivity index (χ4n) is 4.64. The number of hydrogen-bond donors (Lipinski definition) is 1. The smallest absolute Gasteiger partial charge is 0.341 e. The van der Waals surface area contributed by atoms with Crippen LogP contribution in [0, 0.1) is 0 Å². The molecular formula is C27H25NO5S. The first kappa shape index (κ1) is 22.3. The molecule has 174 valence electrons. The summed E-state index contributed by atoms with van der Waals surface area (Å²) in [5.41, 5.74) is 4.09. The molecule has 1 atom stereocenters. The monoisotopic (exact) mass is 475 g/mol. The molecule has 2 aromatic carbocycles. The van der Waals surface area contributed by atoms with Gasteiger partial charge in [-0.05, 0) is 67.5 Å². The summed E-state index contributed by atoms with van der Waals surface area (Å²) in [6.07, 6.45) is 3.92. The molecular weight excluding hydrogens is 450 g/mol. The number of carbonyl (C=O) groups is 3. The van der Waals surface area contributed by atoms with Gasteiger partial charge in [-0.2, -0.15) is 0 Å². The lowest BCUT2D eigenvalue weighted by molar-refractivity contribution is 0.0252. The largest absolute Gasteiger partial charge is 0.462 e. The van der Waals surface area contributed by atoms with E-state index >= 15 is 0 Å². The summed E-state index contributed by atoms with van der Waals surface area (Å²) < 4.78 is 10.9. The standard InChI is InChI=1S/C27H25NO5S/c1-2-32-27(31)23-20-10-6-7-11-22(20)34-25(23)28-24(29)17-12-13-19-18(14-17)15-21(33-26(19)30)16-8-4-3-5-9-16/h3-5,8-9,12-14,21H,2,6-7,10-11,15H2,1H3,(H,28,29)/t21-/m1/s1. The number of cyclic esters (lactones) is 1. The SMILES string of the molecule is CCOC(=O)c1c(NC(=O)c2ccc3c(c2)C[C@H](c2ccccc2)OC3=O)sc2c1CCCC2. The maximum Gasteiger partial charge on any atom is 0.341 e. The summed E-state index contributed by atoms with van der Waals surface area (Å²) in [5.74, 6) is -1.10. The molecule has 1 aliphatic heterocycles. The molecule has 0 fully saturated rings. The zero-order valence-electron chi connectivity index (χ0n) is 18.9. The van der Waals surface area contributed by atoms with Gasteiger partial charge in [0.15, 0.2) is 0 Å². The molecule has 1 N–H and O–H groups in total. The molecule has 34 heavy (non-hydrogen) atoms. The first-order chi connectivity index (χ1) is 16.5. The zero-order valence-corrected chi connectivity index (χ0v) is 19.7. The average molecular weight is 476 g/mol. The van der Waals surface area contributed by atoms with Crippen LogP contribution in [0.5, 0.6) is 0 Å². The zero-order chi connectivity index (χ0) is 23.7. The number of esters is 2. The highest BCUT2D eigenvalue weighted by atomic mass is 32.1. The van der Waals surface area contributed by atoms with Crippen molar-refractivity contribution < 1.29 is 23.9 Å². The predicted octanol–water partition coefficient (Wildman–Crippen LogP) is 5.51. The van der Waals surface area contributed by atoms with Crippen molar-refractivity contribution >= 4 is 34.2 Å². The van der Waals surface area contributed by atoms with Crippen molar-refractivity contribution in [3.05, 3.63) is 86.8 Å². The second kappa shape index (κ2) is 9.43. The topological polar surface area (TPSA) is 81.7 Å². The highest BCUT2D eigenvalue weighted by Gasteiger charge is 2.30. The second-order valence-corrected chi connectivity index (χ2v) is 9.58. The lowest BCUT2D eigenvalue weighted by Crippen LogP contribution is -2.23. The number of amides is 1. The van der Waals surface area contributed by atoms with Gasteiger partial charge in [0, 0.05) is 16.9 Å². The van der Waals surface area contributed by atoms with E-state index in [0.29, 0.717) is 28.1 Å². The van der Waals surface area contributed by atoms with Gasteiger partial charge in [0.2, 0.25) is 0 Å². The Morgan fingerprint density at radius 2 is 1.91 bits per heavy atom. The molecule has 2 heterocycles. The molecule has 1 aromatic heterocycles. The molecule has 0 spiro atoms. The summed E-state index contributed by atoms with van der Waals surface area (Å²) in [6, 6.07) is 14.6. The van der Waals surface area contributed by atoms with Gasteiger partial charge in [-0.15, -0.1) is 11.3 Å². The number of ether oxygens (including phenoxy) is 2. The van der Waals surface area contributed by atoms with Gasteiger partial charge >= 0.3 is 11.9 Å². The first-order valence-electron chi connectivity index (χ1n) is 11.6. The van der Waals surface area contributed by atoms with Crippen LogP contribution in [-0.4, -0.2) is 24.5 Å². The Morgan fingerprint density at radius 3 is 2.71 bits per heavy atom. The van der Waals surface area contributed by atoms with Crippen LogP contribution in [0.4, 0.5) is 5.00 Å². The number of rotatable bonds is 5. The molecule has 0 unspecified atom stereocenters. The molecule has 5 rings (SSSR count). The maximum atomic E-state index is 13.2. The predicted molar refractivity (Wildman–Crippen MR) is 130 cm³/mol. The number of benzene rings is 2. The van der Waals surface area contributed by atoms with E-state index in [1.54, 1.807) is 25.1 Å². The number of aryl methyl sites for hydroxylation is 1. The Morgan fingerprint density at radius 1 is 1.12 bits per heavy atom. The van der Waals surface area contributed by atoms with E-state index in [0.717, 1.165) is 47.3 Å². The number of fused-ring (bicyclic) bond motifs is 2. The minimum atomic E-state index is -0.393. The van der Waals surface area contributed by atoms with Crippen molar-refractivity contribution in [2.24, 2.45) is 0 Å². The summed E-state index contributed by atoms with van der Waals surface area (Å²) in [4.78, 5) is 39.6. The van der Waals surface area contributed by atoms with Crippen LogP contribution in [0.3, 0.4) is 0 Å². The van der Waals surface area contributed by atoms with Crippen LogP contribution < -0.4 is 5.32 Å². The number of carbonyl (C=O) groups excluding carboxylic acids is 3. The third kappa shape index (κ3) is 4.23. The van der Waals surface area contributed by atoms with E-state index in [1.165, 1.54) is 11.3 Å². The normalized spacial score (nSPS) is 16.7. The minimum absolute atomic E-state index is 0.278. The maximum absolute atomic E-state index is 13.2. The van der Waals surface area contributed by atoms with E-state index in [-0.39, 0.29) is 18.6 Å². The van der Waals surface area contributed by atoms with Crippen molar-refractivity contribution in [3.8, 4) is 0 Å². The molecule has 0 bridgehead atoms. The van der Waals surface area contributed by atoms with E-state index in [1.807, 2.05) is 30.3 Å². The molecule has 6 nitrogen and oxygen atoms in total. The Labute approximate surface area is 201 Å². The van der Waals surface area contributed by atoms with Crippen LogP contribution in [0.15, 0.2) is 48.5 Å². The summed E-state index contributed by atoms with van der Waals surface area (Å²) >= 11 is 1.46. The van der Waals surface area contributed by atoms with Crippen molar-refractivity contribution in [3.63, 3.8) is 0 Å². The highest BCUT2D eigenvalue weighted by molar-refractivity contribution is 7.17. The fourth-order valence-corrected chi connectivity index (χ4v) is 5.91. The fraction of sp³-hybridized carbons (Fsp3) is 0.296. The van der Waals surface area contributed by atoms with Crippen LogP contribution in [-0.2, 0) is 28.7 Å². The summed E-state index contributed by atoms with van der Waals surface area (Å²) in [5, 5.41) is 3.48. The average Bonchev–Trinajstić information content (AvgIpc) is 3.22. The van der Waals surface area contributed by atoms with E-state index in [4.69, 9.17) is 9.47 Å². The molecule has 7 heteroatoms. The van der Waals surface area contributed by atoms with E-state index in [9.17, 15) is 14.4 Å². The minimum Gasteiger partial charge on any atom is -0.462 e. The number of hydrogen-bond acceptors (Lipinski definition) is 6. The third-order valence-corrected chi connectivity index (χ3v) is 7.50. The second-order valence-electron chi connectivity index (χ2n) is 8.47. The quantitative estimate of drug-likeness (QED) is 0.492. The number of thiophene rings is 1. The van der Waals surface area contributed by atoms with Crippen molar-refractivity contribution in [1.82, 2.24) is 0 Å². The Bertz CT molecular complexity index is 1260. The van der Waals surface area contributed by atoms with Crippen molar-refractivity contribution in [2.75, 3.05) is 11.9 Å². The van der Waals surface area contributed by atoms with Crippen LogP contribution in [0.1, 0.15) is 78.5 Å². The van der Waals surface area contributed by atoms with Gasteiger partial charge in [-0.25, -0.2) is 9.59 Å². The van der Waals surface area contributed by atoms with Gasteiger partial charge < -0.3 is 14.8 Å². The molecule has 1 aliphatic carbocycles.